The highest BCUT2D eigenvalue weighted by molar-refractivity contribution is 7.15. The largest absolute Gasteiger partial charge is 0.369 e. The summed E-state index contributed by atoms with van der Waals surface area (Å²) in [6, 6.07) is 6.71. The minimum Gasteiger partial charge on any atom is -0.369 e. The normalized spacial score (nSPS) is 14.0. The van der Waals surface area contributed by atoms with Crippen LogP contribution in [0.25, 0.3) is 0 Å². The van der Waals surface area contributed by atoms with Gasteiger partial charge in [-0.25, -0.2) is 0 Å². The molecule has 0 saturated heterocycles. The first-order valence-corrected chi connectivity index (χ1v) is 9.71. The lowest BCUT2D eigenvalue weighted by molar-refractivity contribution is -0.121. The number of anilines is 1. The molecule has 1 aromatic carbocycles. The first kappa shape index (κ1) is 20.1. The Morgan fingerprint density at radius 2 is 1.79 bits per heavy atom. The predicted octanol–water partition coefficient (Wildman–Crippen LogP) is 2.69. The molecule has 9 heteroatoms. The molecule has 3 amide bonds. The molecule has 3 rings (SSSR count). The summed E-state index contributed by atoms with van der Waals surface area (Å²) in [4.78, 5) is 38.5. The minimum atomic E-state index is -0.902. The van der Waals surface area contributed by atoms with Crippen LogP contribution in [0.1, 0.15) is 59.3 Å². The average Bonchev–Trinajstić information content (AvgIpc) is 3.19. The molecular weight excluding hydrogens is 380 g/mol. The quantitative estimate of drug-likeness (QED) is 0.715. The van der Waals surface area contributed by atoms with Gasteiger partial charge in [-0.2, -0.15) is 0 Å². The van der Waals surface area contributed by atoms with Crippen molar-refractivity contribution in [3.05, 3.63) is 40.4 Å². The van der Waals surface area contributed by atoms with Gasteiger partial charge in [-0.1, -0.05) is 37.3 Å². The highest BCUT2D eigenvalue weighted by Crippen LogP contribution is 2.29. The maximum Gasteiger partial charge on any atom is 0.262 e. The molecule has 1 aliphatic rings. The molecule has 0 saturated carbocycles. The monoisotopic (exact) mass is 402 g/mol. The predicted molar refractivity (Wildman–Crippen MR) is 104 cm³/mol. The summed E-state index contributed by atoms with van der Waals surface area (Å²) in [5, 5.41) is 11.8. The SMILES string of the molecule is CC(C)c1nnc(NC(=O)COCC(C)(C)N2C(=O)c3ccccc3C2=O)s1. The molecule has 2 heterocycles. The summed E-state index contributed by atoms with van der Waals surface area (Å²) in [7, 11) is 0. The number of amides is 3. The van der Waals surface area contributed by atoms with Gasteiger partial charge in [0.05, 0.1) is 23.3 Å². The van der Waals surface area contributed by atoms with E-state index in [1.807, 2.05) is 13.8 Å². The maximum absolute atomic E-state index is 12.6. The number of benzene rings is 1. The summed E-state index contributed by atoms with van der Waals surface area (Å²) in [6.45, 7) is 7.26. The van der Waals surface area contributed by atoms with Gasteiger partial charge in [0.15, 0.2) is 0 Å². The Morgan fingerprint density at radius 3 is 2.32 bits per heavy atom. The topological polar surface area (TPSA) is 101 Å². The third-order valence-electron chi connectivity index (χ3n) is 4.27. The van der Waals surface area contributed by atoms with E-state index in [0.29, 0.717) is 16.3 Å². The van der Waals surface area contributed by atoms with E-state index in [1.54, 1.807) is 38.1 Å². The molecule has 1 N–H and O–H groups in total. The van der Waals surface area contributed by atoms with Crippen LogP contribution in [0, 0.1) is 0 Å². The number of carbonyl (C=O) groups is 3. The van der Waals surface area contributed by atoms with Gasteiger partial charge in [0.1, 0.15) is 11.6 Å². The van der Waals surface area contributed by atoms with Crippen LogP contribution >= 0.6 is 11.3 Å². The van der Waals surface area contributed by atoms with Crippen molar-refractivity contribution in [3.63, 3.8) is 0 Å². The van der Waals surface area contributed by atoms with Crippen LogP contribution in [-0.4, -0.2) is 51.6 Å². The Morgan fingerprint density at radius 1 is 1.18 bits per heavy atom. The highest BCUT2D eigenvalue weighted by Gasteiger charge is 2.44. The fourth-order valence-electron chi connectivity index (χ4n) is 2.87. The Hall–Kier alpha value is -2.65. The minimum absolute atomic E-state index is 0.0270. The van der Waals surface area contributed by atoms with Crippen LogP contribution in [-0.2, 0) is 9.53 Å². The average molecular weight is 402 g/mol. The Bertz CT molecular complexity index is 887. The van der Waals surface area contributed by atoms with Gasteiger partial charge in [0.2, 0.25) is 5.13 Å². The van der Waals surface area contributed by atoms with Gasteiger partial charge < -0.3 is 4.74 Å². The molecule has 0 aliphatic carbocycles. The van der Waals surface area contributed by atoms with E-state index in [2.05, 4.69) is 15.5 Å². The van der Waals surface area contributed by atoms with E-state index in [1.165, 1.54) is 16.2 Å². The molecule has 0 spiro atoms. The van der Waals surface area contributed by atoms with Crippen LogP contribution < -0.4 is 5.32 Å². The molecule has 0 bridgehead atoms. The molecule has 148 valence electrons. The zero-order valence-electron chi connectivity index (χ0n) is 16.2. The summed E-state index contributed by atoms with van der Waals surface area (Å²) in [6.07, 6.45) is 0. The van der Waals surface area contributed by atoms with Crippen molar-refractivity contribution in [2.75, 3.05) is 18.5 Å². The molecule has 0 atom stereocenters. The van der Waals surface area contributed by atoms with E-state index in [0.717, 1.165) is 5.01 Å². The molecule has 1 aliphatic heterocycles. The zero-order valence-corrected chi connectivity index (χ0v) is 17.0. The number of rotatable bonds is 7. The second-order valence-electron chi connectivity index (χ2n) is 7.44. The van der Waals surface area contributed by atoms with Crippen molar-refractivity contribution >= 4 is 34.2 Å². The highest BCUT2D eigenvalue weighted by atomic mass is 32.1. The number of nitrogens with one attached hydrogen (secondary N) is 1. The standard InChI is InChI=1S/C19H22N4O4S/c1-11(2)15-21-22-18(28-15)20-14(24)9-27-10-19(3,4)23-16(25)12-7-5-6-8-13(12)17(23)26/h5-8,11H,9-10H2,1-4H3,(H,20,22,24). The molecule has 28 heavy (non-hydrogen) atoms. The maximum atomic E-state index is 12.6. The van der Waals surface area contributed by atoms with Crippen molar-refractivity contribution in [3.8, 4) is 0 Å². The third-order valence-corrected chi connectivity index (χ3v) is 5.41. The molecule has 0 radical (unpaired) electrons. The number of fused-ring (bicyclic) bond motifs is 1. The summed E-state index contributed by atoms with van der Waals surface area (Å²) < 4.78 is 5.49. The number of nitrogens with zero attached hydrogens (tertiary/aromatic N) is 3. The van der Waals surface area contributed by atoms with Crippen LogP contribution in [0.15, 0.2) is 24.3 Å². The van der Waals surface area contributed by atoms with Crippen molar-refractivity contribution in [1.82, 2.24) is 15.1 Å². The Labute approximate surface area is 166 Å². The van der Waals surface area contributed by atoms with Gasteiger partial charge in [-0.15, -0.1) is 10.2 Å². The van der Waals surface area contributed by atoms with Crippen molar-refractivity contribution in [2.24, 2.45) is 0 Å². The van der Waals surface area contributed by atoms with Crippen molar-refractivity contribution in [1.29, 1.82) is 0 Å². The number of imide groups is 1. The van der Waals surface area contributed by atoms with Gasteiger partial charge in [0.25, 0.3) is 17.7 Å². The lowest BCUT2D eigenvalue weighted by Crippen LogP contribution is -2.50. The fraction of sp³-hybridized carbons (Fsp3) is 0.421. The molecule has 8 nitrogen and oxygen atoms in total. The Balaban J connectivity index is 1.56. The van der Waals surface area contributed by atoms with Gasteiger partial charge >= 0.3 is 0 Å². The molecule has 2 aromatic rings. The number of aromatic nitrogens is 2. The first-order chi connectivity index (χ1) is 13.2. The number of ether oxygens (including phenoxy) is 1. The van der Waals surface area contributed by atoms with Crippen LogP contribution in [0.5, 0.6) is 0 Å². The molecule has 1 aromatic heterocycles. The molecular formula is C19H22N4O4S. The smallest absolute Gasteiger partial charge is 0.262 e. The number of carbonyl (C=O) groups excluding carboxylic acids is 3. The zero-order chi connectivity index (χ0) is 20.5. The molecule has 0 fully saturated rings. The summed E-state index contributed by atoms with van der Waals surface area (Å²) in [5.41, 5.74) is -0.132. The molecule has 0 unspecified atom stereocenters. The van der Waals surface area contributed by atoms with E-state index < -0.39 is 5.54 Å². The van der Waals surface area contributed by atoms with Crippen molar-refractivity contribution in [2.45, 2.75) is 39.2 Å². The van der Waals surface area contributed by atoms with E-state index >= 15 is 0 Å². The Kier molecular flexibility index (Phi) is 5.57. The summed E-state index contributed by atoms with van der Waals surface area (Å²) in [5.74, 6) is -0.841. The second kappa shape index (κ2) is 7.76. The number of hydrogen-bond acceptors (Lipinski definition) is 7. The van der Waals surface area contributed by atoms with Crippen LogP contribution in [0.3, 0.4) is 0 Å². The van der Waals surface area contributed by atoms with E-state index in [9.17, 15) is 14.4 Å². The van der Waals surface area contributed by atoms with Gasteiger partial charge in [-0.05, 0) is 26.0 Å². The van der Waals surface area contributed by atoms with E-state index in [-0.39, 0.29) is 36.9 Å². The van der Waals surface area contributed by atoms with Gasteiger partial charge in [0, 0.05) is 5.92 Å². The third kappa shape index (κ3) is 3.95. The van der Waals surface area contributed by atoms with Crippen molar-refractivity contribution < 1.29 is 19.1 Å². The lowest BCUT2D eigenvalue weighted by atomic mass is 10.0. The number of hydrogen-bond donors (Lipinski definition) is 1. The lowest BCUT2D eigenvalue weighted by Gasteiger charge is -2.33. The van der Waals surface area contributed by atoms with E-state index in [4.69, 9.17) is 4.74 Å². The first-order valence-electron chi connectivity index (χ1n) is 8.89. The van der Waals surface area contributed by atoms with Crippen LogP contribution in [0.2, 0.25) is 0 Å². The van der Waals surface area contributed by atoms with Crippen LogP contribution in [0.4, 0.5) is 5.13 Å². The van der Waals surface area contributed by atoms with Gasteiger partial charge in [-0.3, -0.25) is 24.6 Å². The fourth-order valence-corrected chi connectivity index (χ4v) is 3.63. The second-order valence-corrected chi connectivity index (χ2v) is 8.45. The summed E-state index contributed by atoms with van der Waals surface area (Å²) >= 11 is 1.31.